The van der Waals surface area contributed by atoms with Gasteiger partial charge in [-0.25, -0.2) is 9.97 Å². The highest BCUT2D eigenvalue weighted by Gasteiger charge is 2.37. The summed E-state index contributed by atoms with van der Waals surface area (Å²) in [5.74, 6) is 3.08. The van der Waals surface area contributed by atoms with Crippen molar-refractivity contribution in [3.05, 3.63) is 66.4 Å². The van der Waals surface area contributed by atoms with Crippen LogP contribution in [-0.2, 0) is 6.54 Å². The summed E-state index contributed by atoms with van der Waals surface area (Å²) in [6, 6.07) is 18.6. The molecule has 3 aromatic rings. The van der Waals surface area contributed by atoms with Crippen molar-refractivity contribution in [2.24, 2.45) is 11.8 Å². The Labute approximate surface area is 171 Å². The summed E-state index contributed by atoms with van der Waals surface area (Å²) in [6.45, 7) is 2.86. The molecule has 5 rings (SSSR count). The van der Waals surface area contributed by atoms with Gasteiger partial charge in [-0.3, -0.25) is 0 Å². The van der Waals surface area contributed by atoms with Crippen LogP contribution in [0, 0.1) is 11.8 Å². The predicted octanol–water partition coefficient (Wildman–Crippen LogP) is 4.74. The molecule has 0 amide bonds. The Morgan fingerprint density at radius 2 is 2.00 bits per heavy atom. The Morgan fingerprint density at radius 3 is 2.97 bits per heavy atom. The molecule has 1 N–H and O–H groups in total. The second-order valence-electron chi connectivity index (χ2n) is 8.21. The summed E-state index contributed by atoms with van der Waals surface area (Å²) in [5, 5.41) is 3.36. The zero-order valence-corrected chi connectivity index (χ0v) is 16.7. The van der Waals surface area contributed by atoms with E-state index in [0.717, 1.165) is 60.6 Å². The monoisotopic (exact) mass is 386 g/mol. The molecule has 0 radical (unpaired) electrons. The largest absolute Gasteiger partial charge is 0.494 e. The molecule has 148 valence electrons. The van der Waals surface area contributed by atoms with Gasteiger partial charge in [-0.05, 0) is 67.6 Å². The van der Waals surface area contributed by atoms with E-state index >= 15 is 0 Å². The molecule has 2 heterocycles. The van der Waals surface area contributed by atoms with E-state index in [1.165, 1.54) is 12.0 Å². The molecule has 1 aliphatic carbocycles. The summed E-state index contributed by atoms with van der Waals surface area (Å²) in [4.78, 5) is 11.5. The molecule has 2 aromatic carbocycles. The van der Waals surface area contributed by atoms with Crippen LogP contribution in [0.5, 0.6) is 5.75 Å². The normalized spacial score (nSPS) is 21.7. The van der Waals surface area contributed by atoms with Crippen LogP contribution in [0.25, 0.3) is 11.3 Å². The van der Waals surface area contributed by atoms with E-state index in [-0.39, 0.29) is 0 Å². The molecule has 1 aromatic heterocycles. The maximum absolute atomic E-state index is 6.05. The molecule has 0 saturated heterocycles. The highest BCUT2D eigenvalue weighted by molar-refractivity contribution is 5.63. The zero-order valence-electron chi connectivity index (χ0n) is 16.7. The first-order valence-corrected chi connectivity index (χ1v) is 10.3. The number of nitrogens with zero attached hydrogens (tertiary/aromatic N) is 3. The van der Waals surface area contributed by atoms with Gasteiger partial charge in [0, 0.05) is 30.5 Å². The Kier molecular flexibility index (Phi) is 4.90. The molecule has 1 saturated carbocycles. The smallest absolute Gasteiger partial charge is 0.227 e. The average Bonchev–Trinajstić information content (AvgIpc) is 3.45. The quantitative estimate of drug-likeness (QED) is 0.605. The molecule has 2 unspecified atom stereocenters. The van der Waals surface area contributed by atoms with Crippen molar-refractivity contribution >= 4 is 11.6 Å². The van der Waals surface area contributed by atoms with E-state index in [4.69, 9.17) is 9.72 Å². The minimum Gasteiger partial charge on any atom is -0.494 e. The number of ether oxygens (including phenoxy) is 1. The second kappa shape index (κ2) is 7.84. The van der Waals surface area contributed by atoms with E-state index in [2.05, 4.69) is 58.6 Å². The van der Waals surface area contributed by atoms with Crippen LogP contribution in [0.3, 0.4) is 0 Å². The number of hydrogen-bond acceptors (Lipinski definition) is 5. The lowest BCUT2D eigenvalue weighted by Crippen LogP contribution is -2.21. The minimum atomic E-state index is 0.598. The van der Waals surface area contributed by atoms with E-state index in [1.807, 2.05) is 18.2 Å². The van der Waals surface area contributed by atoms with Gasteiger partial charge in [-0.15, -0.1) is 0 Å². The summed E-state index contributed by atoms with van der Waals surface area (Å²) < 4.78 is 6.05. The van der Waals surface area contributed by atoms with Crippen molar-refractivity contribution in [1.82, 2.24) is 14.9 Å². The van der Waals surface area contributed by atoms with E-state index in [9.17, 15) is 0 Å². The van der Waals surface area contributed by atoms with E-state index in [1.54, 1.807) is 6.20 Å². The topological polar surface area (TPSA) is 50.3 Å². The van der Waals surface area contributed by atoms with Gasteiger partial charge < -0.3 is 15.0 Å². The third kappa shape index (κ3) is 4.40. The van der Waals surface area contributed by atoms with Gasteiger partial charge in [0.1, 0.15) is 5.75 Å². The third-order valence-corrected chi connectivity index (χ3v) is 5.79. The standard InChI is InChI=1S/C24H26N4O/c1-28-15-17-4-2-6-21(12-17)26-24-25-10-8-23(27-24)19-5-3-7-22(14-19)29-11-9-18-13-20(18)16-28/h2-8,10,12,14,18,20H,9,11,13,15-16H2,1H3,(H,25,26,27). The summed E-state index contributed by atoms with van der Waals surface area (Å²) in [5.41, 5.74) is 4.22. The van der Waals surface area contributed by atoms with Crippen molar-refractivity contribution in [2.45, 2.75) is 19.4 Å². The minimum absolute atomic E-state index is 0.598. The second-order valence-corrected chi connectivity index (χ2v) is 8.21. The van der Waals surface area contributed by atoms with Crippen molar-refractivity contribution in [1.29, 1.82) is 0 Å². The Morgan fingerprint density at radius 1 is 1.07 bits per heavy atom. The van der Waals surface area contributed by atoms with Gasteiger partial charge in [0.05, 0.1) is 12.3 Å². The van der Waals surface area contributed by atoms with Crippen molar-refractivity contribution < 1.29 is 4.74 Å². The molecule has 1 aliphatic heterocycles. The zero-order chi connectivity index (χ0) is 19.6. The molecule has 2 aliphatic rings. The van der Waals surface area contributed by atoms with E-state index in [0.29, 0.717) is 5.95 Å². The number of nitrogens with one attached hydrogen (secondary N) is 1. The van der Waals surface area contributed by atoms with Gasteiger partial charge in [0.25, 0.3) is 0 Å². The highest BCUT2D eigenvalue weighted by Crippen LogP contribution is 2.41. The molecular formula is C24H26N4O. The van der Waals surface area contributed by atoms with Gasteiger partial charge in [-0.1, -0.05) is 24.3 Å². The molecule has 2 atom stereocenters. The number of fused-ring (bicyclic) bond motifs is 8. The average molecular weight is 386 g/mol. The predicted molar refractivity (Wildman–Crippen MR) is 115 cm³/mol. The lowest BCUT2D eigenvalue weighted by Gasteiger charge is -2.18. The number of anilines is 2. The first kappa shape index (κ1) is 18.1. The van der Waals surface area contributed by atoms with Crippen LogP contribution >= 0.6 is 0 Å². The summed E-state index contributed by atoms with van der Waals surface area (Å²) >= 11 is 0. The van der Waals surface area contributed by atoms with Gasteiger partial charge in [0.15, 0.2) is 0 Å². The molecule has 1 fully saturated rings. The summed E-state index contributed by atoms with van der Waals surface area (Å²) in [7, 11) is 2.21. The third-order valence-electron chi connectivity index (χ3n) is 5.79. The fourth-order valence-electron chi connectivity index (χ4n) is 4.19. The van der Waals surface area contributed by atoms with Crippen molar-refractivity contribution in [3.8, 4) is 17.0 Å². The lowest BCUT2D eigenvalue weighted by atomic mass is 10.1. The first-order valence-electron chi connectivity index (χ1n) is 10.3. The summed E-state index contributed by atoms with van der Waals surface area (Å²) in [6.07, 6.45) is 4.23. The lowest BCUT2D eigenvalue weighted by molar-refractivity contribution is 0.280. The van der Waals surface area contributed by atoms with Crippen LogP contribution in [0.1, 0.15) is 18.4 Å². The molecule has 29 heavy (non-hydrogen) atoms. The molecule has 0 spiro atoms. The Bertz CT molecular complexity index is 1010. The number of rotatable bonds is 0. The van der Waals surface area contributed by atoms with Crippen LogP contribution in [-0.4, -0.2) is 35.1 Å². The van der Waals surface area contributed by atoms with Gasteiger partial charge in [-0.2, -0.15) is 0 Å². The molecule has 6 bridgehead atoms. The van der Waals surface area contributed by atoms with Crippen LogP contribution in [0.15, 0.2) is 60.8 Å². The highest BCUT2D eigenvalue weighted by atomic mass is 16.5. The van der Waals surface area contributed by atoms with Gasteiger partial charge >= 0.3 is 0 Å². The number of hydrogen-bond donors (Lipinski definition) is 1. The Hall–Kier alpha value is -2.92. The van der Waals surface area contributed by atoms with Crippen LogP contribution < -0.4 is 10.1 Å². The van der Waals surface area contributed by atoms with Crippen molar-refractivity contribution in [3.63, 3.8) is 0 Å². The number of benzene rings is 2. The van der Waals surface area contributed by atoms with E-state index < -0.39 is 0 Å². The fourth-order valence-corrected chi connectivity index (χ4v) is 4.19. The van der Waals surface area contributed by atoms with Crippen LogP contribution in [0.4, 0.5) is 11.6 Å². The first-order chi connectivity index (χ1) is 14.2. The van der Waals surface area contributed by atoms with Gasteiger partial charge in [0.2, 0.25) is 5.95 Å². The maximum Gasteiger partial charge on any atom is 0.227 e. The van der Waals surface area contributed by atoms with Crippen LogP contribution in [0.2, 0.25) is 0 Å². The van der Waals surface area contributed by atoms with Crippen molar-refractivity contribution in [2.75, 3.05) is 25.5 Å². The maximum atomic E-state index is 6.05. The SMILES string of the molecule is CN1Cc2cccc(c2)Nc2nccc(n2)-c2cccc(c2)OCCC2CC2C1. The molecule has 5 nitrogen and oxygen atoms in total. The molecular weight excluding hydrogens is 360 g/mol. The Balaban J connectivity index is 1.46. The molecule has 5 heteroatoms. The number of aromatic nitrogens is 2. The fraction of sp³-hybridized carbons (Fsp3) is 0.333.